The third kappa shape index (κ3) is 3.16. The second kappa shape index (κ2) is 5.19. The van der Waals surface area contributed by atoms with Crippen molar-refractivity contribution in [2.75, 3.05) is 17.6 Å². The lowest BCUT2D eigenvalue weighted by atomic mass is 9.79. The SMILES string of the molecule is Cc1cc(N)ccc1NCC1(O)CCC(C)CC1. The summed E-state index contributed by atoms with van der Waals surface area (Å²) in [6, 6.07) is 5.83. The Morgan fingerprint density at radius 3 is 2.67 bits per heavy atom. The van der Waals surface area contributed by atoms with Crippen LogP contribution in [0.2, 0.25) is 0 Å². The molecule has 3 heteroatoms. The van der Waals surface area contributed by atoms with E-state index in [9.17, 15) is 5.11 Å². The number of nitrogens with one attached hydrogen (secondary N) is 1. The molecule has 2 rings (SSSR count). The molecule has 100 valence electrons. The quantitative estimate of drug-likeness (QED) is 0.721. The molecule has 0 aliphatic heterocycles. The van der Waals surface area contributed by atoms with Crippen LogP contribution in [-0.4, -0.2) is 17.3 Å². The van der Waals surface area contributed by atoms with Crippen molar-refractivity contribution in [1.82, 2.24) is 0 Å². The second-order valence-electron chi connectivity index (χ2n) is 5.83. The zero-order valence-electron chi connectivity index (χ0n) is 11.4. The number of hydrogen-bond acceptors (Lipinski definition) is 3. The molecule has 1 aromatic rings. The highest BCUT2D eigenvalue weighted by Gasteiger charge is 2.31. The van der Waals surface area contributed by atoms with Crippen molar-refractivity contribution < 1.29 is 5.11 Å². The summed E-state index contributed by atoms with van der Waals surface area (Å²) in [5, 5.41) is 13.9. The van der Waals surface area contributed by atoms with Gasteiger partial charge in [0.1, 0.15) is 0 Å². The summed E-state index contributed by atoms with van der Waals surface area (Å²) in [5.41, 5.74) is 8.16. The van der Waals surface area contributed by atoms with Gasteiger partial charge in [0.15, 0.2) is 0 Å². The Hall–Kier alpha value is -1.22. The average molecular weight is 248 g/mol. The van der Waals surface area contributed by atoms with Crippen molar-refractivity contribution in [3.8, 4) is 0 Å². The first-order valence-electron chi connectivity index (χ1n) is 6.81. The van der Waals surface area contributed by atoms with Crippen LogP contribution in [0.5, 0.6) is 0 Å². The van der Waals surface area contributed by atoms with Gasteiger partial charge in [-0.2, -0.15) is 0 Å². The zero-order valence-corrected chi connectivity index (χ0v) is 11.4. The molecular formula is C15H24N2O. The third-order valence-electron chi connectivity index (χ3n) is 4.06. The molecule has 4 N–H and O–H groups in total. The summed E-state index contributed by atoms with van der Waals surface area (Å²) in [7, 11) is 0. The van der Waals surface area contributed by atoms with E-state index < -0.39 is 5.60 Å². The normalized spacial score (nSPS) is 28.1. The van der Waals surface area contributed by atoms with Crippen molar-refractivity contribution in [2.24, 2.45) is 5.92 Å². The third-order valence-corrected chi connectivity index (χ3v) is 4.06. The molecule has 1 aliphatic rings. The summed E-state index contributed by atoms with van der Waals surface area (Å²) < 4.78 is 0. The van der Waals surface area contributed by atoms with Gasteiger partial charge >= 0.3 is 0 Å². The van der Waals surface area contributed by atoms with Crippen molar-refractivity contribution in [3.63, 3.8) is 0 Å². The first kappa shape index (κ1) is 13.2. The van der Waals surface area contributed by atoms with E-state index in [1.54, 1.807) is 0 Å². The number of nitrogens with two attached hydrogens (primary N) is 1. The van der Waals surface area contributed by atoms with Crippen LogP contribution in [0, 0.1) is 12.8 Å². The van der Waals surface area contributed by atoms with E-state index in [0.29, 0.717) is 6.54 Å². The summed E-state index contributed by atoms with van der Waals surface area (Å²) in [6.45, 7) is 4.92. The summed E-state index contributed by atoms with van der Waals surface area (Å²) in [6.07, 6.45) is 4.04. The highest BCUT2D eigenvalue weighted by Crippen LogP contribution is 2.32. The minimum Gasteiger partial charge on any atom is -0.399 e. The van der Waals surface area contributed by atoms with Crippen LogP contribution in [0.1, 0.15) is 38.2 Å². The molecule has 0 bridgehead atoms. The predicted octanol–water partition coefficient (Wildman–Crippen LogP) is 2.93. The number of aryl methyl sites for hydroxylation is 1. The Morgan fingerprint density at radius 2 is 2.06 bits per heavy atom. The van der Waals surface area contributed by atoms with Gasteiger partial charge in [-0.05, 0) is 62.3 Å². The lowest BCUT2D eigenvalue weighted by Crippen LogP contribution is -2.40. The van der Waals surface area contributed by atoms with Crippen LogP contribution in [-0.2, 0) is 0 Å². The first-order chi connectivity index (χ1) is 8.48. The summed E-state index contributed by atoms with van der Waals surface area (Å²) in [4.78, 5) is 0. The summed E-state index contributed by atoms with van der Waals surface area (Å²) in [5.74, 6) is 0.753. The van der Waals surface area contributed by atoms with Crippen molar-refractivity contribution in [2.45, 2.75) is 45.1 Å². The fourth-order valence-electron chi connectivity index (χ4n) is 2.62. The first-order valence-corrected chi connectivity index (χ1v) is 6.81. The molecule has 0 amide bonds. The lowest BCUT2D eigenvalue weighted by Gasteiger charge is -2.35. The Kier molecular flexibility index (Phi) is 3.81. The zero-order chi connectivity index (χ0) is 13.2. The molecule has 18 heavy (non-hydrogen) atoms. The van der Waals surface area contributed by atoms with Gasteiger partial charge in [0.05, 0.1) is 5.60 Å². The van der Waals surface area contributed by atoms with Gasteiger partial charge in [-0.3, -0.25) is 0 Å². The molecule has 0 saturated heterocycles. The molecule has 0 spiro atoms. The molecule has 0 radical (unpaired) electrons. The molecule has 0 unspecified atom stereocenters. The number of hydrogen-bond donors (Lipinski definition) is 3. The van der Waals surface area contributed by atoms with Crippen molar-refractivity contribution in [3.05, 3.63) is 23.8 Å². The van der Waals surface area contributed by atoms with Crippen LogP contribution in [0.3, 0.4) is 0 Å². The maximum atomic E-state index is 10.5. The molecule has 1 saturated carbocycles. The highest BCUT2D eigenvalue weighted by atomic mass is 16.3. The minimum absolute atomic E-state index is 0.541. The molecular weight excluding hydrogens is 224 g/mol. The number of anilines is 2. The fourth-order valence-corrected chi connectivity index (χ4v) is 2.62. The minimum atomic E-state index is -0.541. The fraction of sp³-hybridized carbons (Fsp3) is 0.600. The maximum absolute atomic E-state index is 10.5. The Morgan fingerprint density at radius 1 is 1.39 bits per heavy atom. The molecule has 1 aromatic carbocycles. The molecule has 3 nitrogen and oxygen atoms in total. The van der Waals surface area contributed by atoms with Crippen molar-refractivity contribution in [1.29, 1.82) is 0 Å². The van der Waals surface area contributed by atoms with Crippen molar-refractivity contribution >= 4 is 11.4 Å². The van der Waals surface area contributed by atoms with Crippen LogP contribution in [0.4, 0.5) is 11.4 Å². The van der Waals surface area contributed by atoms with E-state index in [2.05, 4.69) is 12.2 Å². The Labute approximate surface area is 109 Å². The van der Waals surface area contributed by atoms with E-state index >= 15 is 0 Å². The topological polar surface area (TPSA) is 58.3 Å². The van der Waals surface area contributed by atoms with Crippen LogP contribution < -0.4 is 11.1 Å². The van der Waals surface area contributed by atoms with Gasteiger partial charge in [-0.25, -0.2) is 0 Å². The second-order valence-corrected chi connectivity index (χ2v) is 5.83. The largest absolute Gasteiger partial charge is 0.399 e. The predicted molar refractivity (Wildman–Crippen MR) is 76.7 cm³/mol. The van der Waals surface area contributed by atoms with Gasteiger partial charge in [0.25, 0.3) is 0 Å². The van der Waals surface area contributed by atoms with Gasteiger partial charge in [0.2, 0.25) is 0 Å². The van der Waals surface area contributed by atoms with Crippen LogP contribution >= 0.6 is 0 Å². The molecule has 1 fully saturated rings. The molecule has 1 aliphatic carbocycles. The van der Waals surface area contributed by atoms with E-state index in [4.69, 9.17) is 5.73 Å². The summed E-state index contributed by atoms with van der Waals surface area (Å²) >= 11 is 0. The van der Waals surface area contributed by atoms with Crippen LogP contribution in [0.25, 0.3) is 0 Å². The van der Waals surface area contributed by atoms with E-state index in [1.165, 1.54) is 0 Å². The van der Waals surface area contributed by atoms with Gasteiger partial charge in [-0.1, -0.05) is 6.92 Å². The van der Waals surface area contributed by atoms with E-state index in [1.807, 2.05) is 25.1 Å². The Balaban J connectivity index is 1.94. The number of aliphatic hydroxyl groups is 1. The lowest BCUT2D eigenvalue weighted by molar-refractivity contribution is 0.00501. The average Bonchev–Trinajstić information content (AvgIpc) is 2.32. The molecule has 0 atom stereocenters. The van der Waals surface area contributed by atoms with Gasteiger partial charge in [0, 0.05) is 17.9 Å². The number of rotatable bonds is 3. The molecule has 0 aromatic heterocycles. The van der Waals surface area contributed by atoms with Gasteiger partial charge in [-0.15, -0.1) is 0 Å². The number of benzene rings is 1. The number of nitrogen functional groups attached to an aromatic ring is 1. The standard InChI is InChI=1S/C15H24N2O/c1-11-5-7-15(18,8-6-11)10-17-14-4-3-13(16)9-12(14)2/h3-4,9,11,17-18H,5-8,10,16H2,1-2H3. The monoisotopic (exact) mass is 248 g/mol. The molecule has 0 heterocycles. The Bertz CT molecular complexity index is 409. The maximum Gasteiger partial charge on any atom is 0.0819 e. The van der Waals surface area contributed by atoms with Gasteiger partial charge < -0.3 is 16.2 Å². The smallest absolute Gasteiger partial charge is 0.0819 e. The van der Waals surface area contributed by atoms with E-state index in [-0.39, 0.29) is 0 Å². The van der Waals surface area contributed by atoms with E-state index in [0.717, 1.165) is 48.5 Å². The van der Waals surface area contributed by atoms with Crippen LogP contribution in [0.15, 0.2) is 18.2 Å². The highest BCUT2D eigenvalue weighted by molar-refractivity contribution is 5.57.